The summed E-state index contributed by atoms with van der Waals surface area (Å²) in [5.41, 5.74) is 4.02. The van der Waals surface area contributed by atoms with Crippen molar-refractivity contribution in [3.05, 3.63) is 102 Å². The number of aromatic nitrogens is 3. The van der Waals surface area contributed by atoms with Crippen molar-refractivity contribution in [1.82, 2.24) is 15.2 Å². The highest BCUT2D eigenvalue weighted by Crippen LogP contribution is 2.27. The van der Waals surface area contributed by atoms with Gasteiger partial charge in [-0.25, -0.2) is 0 Å². The van der Waals surface area contributed by atoms with Gasteiger partial charge in [0.05, 0.1) is 0 Å². The van der Waals surface area contributed by atoms with Crippen molar-refractivity contribution in [2.75, 3.05) is 0 Å². The molecule has 0 saturated carbocycles. The van der Waals surface area contributed by atoms with Crippen molar-refractivity contribution in [3.63, 3.8) is 0 Å². The zero-order valence-electron chi connectivity index (χ0n) is 15.6. The third kappa shape index (κ3) is 3.69. The van der Waals surface area contributed by atoms with Gasteiger partial charge in [0, 0.05) is 23.5 Å². The van der Waals surface area contributed by atoms with E-state index in [2.05, 4.69) is 51.6 Å². The molecule has 0 aliphatic carbocycles. The summed E-state index contributed by atoms with van der Waals surface area (Å²) in [7, 11) is 0. The van der Waals surface area contributed by atoms with E-state index in [9.17, 15) is 0 Å². The fourth-order valence-electron chi connectivity index (χ4n) is 3.18. The molecule has 4 heteroatoms. The molecule has 2 heterocycles. The first-order chi connectivity index (χ1) is 14.3. The van der Waals surface area contributed by atoms with E-state index in [0.29, 0.717) is 11.8 Å². The second-order valence-corrected chi connectivity index (χ2v) is 6.71. The quantitative estimate of drug-likeness (QED) is 0.379. The molecular weight excluding hydrogens is 358 g/mol. The maximum absolute atomic E-state index is 5.93. The van der Waals surface area contributed by atoms with Gasteiger partial charge in [0.25, 0.3) is 0 Å². The van der Waals surface area contributed by atoms with Crippen LogP contribution in [0.3, 0.4) is 0 Å². The Labute approximate surface area is 168 Å². The highest BCUT2D eigenvalue weighted by atomic mass is 16.4. The number of rotatable bonds is 4. The van der Waals surface area contributed by atoms with E-state index < -0.39 is 0 Å². The summed E-state index contributed by atoms with van der Waals surface area (Å²) in [5, 5.41) is 10.8. The first-order valence-corrected chi connectivity index (χ1v) is 9.36. The molecule has 0 radical (unpaired) electrons. The van der Waals surface area contributed by atoms with Crippen molar-refractivity contribution in [2.24, 2.45) is 0 Å². The predicted molar refractivity (Wildman–Crippen MR) is 116 cm³/mol. The van der Waals surface area contributed by atoms with Gasteiger partial charge in [-0.05, 0) is 58.3 Å². The van der Waals surface area contributed by atoms with Crippen molar-refractivity contribution in [3.8, 4) is 22.9 Å². The zero-order valence-corrected chi connectivity index (χ0v) is 15.6. The highest BCUT2D eigenvalue weighted by Gasteiger charge is 2.10. The standard InChI is InChI=1S/C25H17N3O/c1-2-4-22-17-23(12-11-20(22)3-1)25-28-27-24(29-25)21-9-7-18(8-10-21)5-6-19-13-15-26-16-14-19/h1-17H. The van der Waals surface area contributed by atoms with Crippen molar-refractivity contribution < 1.29 is 4.42 Å². The van der Waals surface area contributed by atoms with Crippen LogP contribution in [0, 0.1) is 0 Å². The number of benzene rings is 3. The average molecular weight is 375 g/mol. The van der Waals surface area contributed by atoms with Crippen molar-refractivity contribution >= 4 is 22.9 Å². The minimum Gasteiger partial charge on any atom is -0.416 e. The molecule has 0 bridgehead atoms. The van der Waals surface area contributed by atoms with Gasteiger partial charge >= 0.3 is 0 Å². The summed E-state index contributed by atoms with van der Waals surface area (Å²) < 4.78 is 5.93. The van der Waals surface area contributed by atoms with Gasteiger partial charge in [0.15, 0.2) is 0 Å². The van der Waals surface area contributed by atoms with Crippen LogP contribution in [0.4, 0.5) is 0 Å². The number of nitrogens with zero attached hydrogens (tertiary/aromatic N) is 3. The maximum atomic E-state index is 5.93. The Morgan fingerprint density at radius 3 is 1.97 bits per heavy atom. The molecule has 0 N–H and O–H groups in total. The summed E-state index contributed by atoms with van der Waals surface area (Å²) in [5.74, 6) is 1.03. The van der Waals surface area contributed by atoms with Gasteiger partial charge in [-0.3, -0.25) is 4.98 Å². The lowest BCUT2D eigenvalue weighted by Gasteiger charge is -2.00. The summed E-state index contributed by atoms with van der Waals surface area (Å²) in [6, 6.07) is 26.4. The summed E-state index contributed by atoms with van der Waals surface area (Å²) in [6.45, 7) is 0. The number of pyridine rings is 1. The molecule has 5 rings (SSSR count). The van der Waals surface area contributed by atoms with E-state index in [1.54, 1.807) is 12.4 Å². The first-order valence-electron chi connectivity index (χ1n) is 9.36. The van der Waals surface area contributed by atoms with Crippen LogP contribution in [0.1, 0.15) is 11.1 Å². The molecule has 0 atom stereocenters. The largest absolute Gasteiger partial charge is 0.416 e. The molecule has 4 nitrogen and oxygen atoms in total. The summed E-state index contributed by atoms with van der Waals surface area (Å²) in [6.07, 6.45) is 7.69. The molecule has 138 valence electrons. The van der Waals surface area contributed by atoms with Crippen LogP contribution >= 0.6 is 0 Å². The molecule has 0 saturated heterocycles. The molecule has 0 spiro atoms. The molecule has 3 aromatic carbocycles. The molecule has 0 unspecified atom stereocenters. The fraction of sp³-hybridized carbons (Fsp3) is 0. The highest BCUT2D eigenvalue weighted by molar-refractivity contribution is 5.86. The average Bonchev–Trinajstić information content (AvgIpc) is 3.29. The van der Waals surface area contributed by atoms with Gasteiger partial charge in [-0.1, -0.05) is 54.6 Å². The monoisotopic (exact) mass is 375 g/mol. The summed E-state index contributed by atoms with van der Waals surface area (Å²) >= 11 is 0. The zero-order chi connectivity index (χ0) is 19.5. The molecule has 0 fully saturated rings. The van der Waals surface area contributed by atoms with E-state index in [1.807, 2.05) is 54.6 Å². The van der Waals surface area contributed by atoms with Crippen LogP contribution in [0.5, 0.6) is 0 Å². The Hall–Kier alpha value is -4.05. The minimum absolute atomic E-state index is 0.512. The van der Waals surface area contributed by atoms with Crippen molar-refractivity contribution in [2.45, 2.75) is 0 Å². The minimum atomic E-state index is 0.512. The van der Waals surface area contributed by atoms with E-state index in [1.165, 1.54) is 5.39 Å². The van der Waals surface area contributed by atoms with Gasteiger partial charge in [0.1, 0.15) is 0 Å². The topological polar surface area (TPSA) is 51.8 Å². The molecular formula is C25H17N3O. The molecule has 0 aliphatic rings. The fourth-order valence-corrected chi connectivity index (χ4v) is 3.18. The molecule has 2 aromatic heterocycles. The second-order valence-electron chi connectivity index (χ2n) is 6.71. The molecule has 0 aliphatic heterocycles. The van der Waals surface area contributed by atoms with Crippen LogP contribution in [0.15, 0.2) is 95.7 Å². The Morgan fingerprint density at radius 1 is 0.586 bits per heavy atom. The number of hydrogen-bond donors (Lipinski definition) is 0. The van der Waals surface area contributed by atoms with Crippen LogP contribution < -0.4 is 0 Å². The predicted octanol–water partition coefficient (Wildman–Crippen LogP) is 6.12. The van der Waals surface area contributed by atoms with E-state index in [0.717, 1.165) is 27.6 Å². The normalized spacial score (nSPS) is 11.3. The SMILES string of the molecule is C(=Cc1ccc(-c2nnc(-c3ccc4ccccc4c3)o2)cc1)c1ccncc1. The Morgan fingerprint density at radius 2 is 1.21 bits per heavy atom. The lowest BCUT2D eigenvalue weighted by atomic mass is 10.1. The third-order valence-electron chi connectivity index (χ3n) is 4.75. The van der Waals surface area contributed by atoms with Gasteiger partial charge in [0.2, 0.25) is 11.8 Å². The van der Waals surface area contributed by atoms with E-state index >= 15 is 0 Å². The summed E-state index contributed by atoms with van der Waals surface area (Å²) in [4.78, 5) is 4.03. The van der Waals surface area contributed by atoms with Crippen LogP contribution in [-0.2, 0) is 0 Å². The Balaban J connectivity index is 1.37. The molecule has 29 heavy (non-hydrogen) atoms. The Kier molecular flexibility index (Phi) is 4.43. The van der Waals surface area contributed by atoms with Crippen LogP contribution in [0.25, 0.3) is 45.8 Å². The molecule has 5 aromatic rings. The van der Waals surface area contributed by atoms with Gasteiger partial charge < -0.3 is 4.42 Å². The maximum Gasteiger partial charge on any atom is 0.248 e. The van der Waals surface area contributed by atoms with Gasteiger partial charge in [-0.15, -0.1) is 10.2 Å². The van der Waals surface area contributed by atoms with Gasteiger partial charge in [-0.2, -0.15) is 0 Å². The second kappa shape index (κ2) is 7.52. The number of fused-ring (bicyclic) bond motifs is 1. The van der Waals surface area contributed by atoms with E-state index in [4.69, 9.17) is 4.42 Å². The lowest BCUT2D eigenvalue weighted by Crippen LogP contribution is -1.79. The molecule has 0 amide bonds. The number of hydrogen-bond acceptors (Lipinski definition) is 4. The smallest absolute Gasteiger partial charge is 0.248 e. The van der Waals surface area contributed by atoms with Crippen LogP contribution in [0.2, 0.25) is 0 Å². The lowest BCUT2D eigenvalue weighted by molar-refractivity contribution is 0.584. The van der Waals surface area contributed by atoms with E-state index in [-0.39, 0.29) is 0 Å². The first kappa shape index (κ1) is 17.1. The Bertz CT molecular complexity index is 1290. The van der Waals surface area contributed by atoms with Crippen molar-refractivity contribution in [1.29, 1.82) is 0 Å². The third-order valence-corrected chi connectivity index (χ3v) is 4.75. The van der Waals surface area contributed by atoms with Crippen LogP contribution in [-0.4, -0.2) is 15.2 Å².